The molecule has 2 atom stereocenters. The number of carbonyl (C=O) groups is 2. The van der Waals surface area contributed by atoms with Gasteiger partial charge in [0, 0.05) is 29.5 Å². The van der Waals surface area contributed by atoms with E-state index in [0.29, 0.717) is 33.8 Å². The van der Waals surface area contributed by atoms with Gasteiger partial charge in [-0.15, -0.1) is 0 Å². The Balaban J connectivity index is 1.53. The first-order valence-corrected chi connectivity index (χ1v) is 11.1. The first-order chi connectivity index (χ1) is 16.9. The van der Waals surface area contributed by atoms with Gasteiger partial charge in [0.05, 0.1) is 5.56 Å². The quantitative estimate of drug-likeness (QED) is 0.477. The molecule has 35 heavy (non-hydrogen) atoms. The Labute approximate surface area is 201 Å². The number of carbonyl (C=O) groups excluding carboxylic acids is 1. The van der Waals surface area contributed by atoms with E-state index in [1.807, 2.05) is 6.07 Å². The summed E-state index contributed by atoms with van der Waals surface area (Å²) in [6.45, 7) is 0.102. The molecule has 1 aliphatic carbocycles. The van der Waals surface area contributed by atoms with Gasteiger partial charge in [-0.2, -0.15) is 0 Å². The van der Waals surface area contributed by atoms with Gasteiger partial charge >= 0.3 is 13.1 Å². The summed E-state index contributed by atoms with van der Waals surface area (Å²) >= 11 is 0. The fourth-order valence-corrected chi connectivity index (χ4v) is 4.62. The SMILES string of the molecule is O=C1C=CC2C(=C1)Oc1cc(OCc3ccccc3B(O)O)ccc1C2c1ccccc1C(=O)O. The molecule has 3 N–H and O–H groups in total. The molecular weight excluding hydrogens is 447 g/mol. The molecule has 3 aromatic carbocycles. The van der Waals surface area contributed by atoms with Crippen molar-refractivity contribution in [2.45, 2.75) is 12.5 Å². The Morgan fingerprint density at radius 1 is 1.00 bits per heavy atom. The zero-order chi connectivity index (χ0) is 24.5. The molecule has 2 aliphatic rings. The summed E-state index contributed by atoms with van der Waals surface area (Å²) in [6.07, 6.45) is 4.66. The Morgan fingerprint density at radius 3 is 2.57 bits per heavy atom. The average Bonchev–Trinajstić information content (AvgIpc) is 2.86. The fraction of sp³-hybridized carbons (Fsp3) is 0.111. The van der Waals surface area contributed by atoms with Crippen LogP contribution in [0.3, 0.4) is 0 Å². The minimum Gasteiger partial charge on any atom is -0.489 e. The van der Waals surface area contributed by atoms with Crippen LogP contribution in [0.4, 0.5) is 0 Å². The molecule has 7 nitrogen and oxygen atoms in total. The van der Waals surface area contributed by atoms with Crippen molar-refractivity contribution in [1.29, 1.82) is 0 Å². The van der Waals surface area contributed by atoms with Crippen LogP contribution in [0.25, 0.3) is 0 Å². The summed E-state index contributed by atoms with van der Waals surface area (Å²) in [5.41, 5.74) is 2.57. The van der Waals surface area contributed by atoms with Crippen LogP contribution in [0.2, 0.25) is 0 Å². The minimum absolute atomic E-state index is 0.102. The summed E-state index contributed by atoms with van der Waals surface area (Å²) in [5, 5.41) is 29.0. The Bertz CT molecular complexity index is 1380. The van der Waals surface area contributed by atoms with Crippen molar-refractivity contribution >= 4 is 24.3 Å². The van der Waals surface area contributed by atoms with E-state index in [4.69, 9.17) is 9.47 Å². The molecule has 1 aliphatic heterocycles. The molecule has 0 amide bonds. The number of hydrogen-bond donors (Lipinski definition) is 3. The molecule has 0 spiro atoms. The first-order valence-electron chi connectivity index (χ1n) is 11.1. The van der Waals surface area contributed by atoms with E-state index in [0.717, 1.165) is 5.56 Å². The topological polar surface area (TPSA) is 113 Å². The second kappa shape index (κ2) is 9.25. The van der Waals surface area contributed by atoms with E-state index in [2.05, 4.69) is 0 Å². The van der Waals surface area contributed by atoms with Crippen LogP contribution in [0.5, 0.6) is 11.5 Å². The standard InChI is InChI=1S/C27H21BO7/c29-17-9-11-21-24(13-17)35-25-14-18(34-15-16-5-1-4-8-23(16)28(32)33)10-12-22(25)26(21)19-6-2-3-7-20(19)27(30)31/h1-14,21,26,32-33H,15H2,(H,30,31). The Kier molecular flexibility index (Phi) is 5.99. The number of benzene rings is 3. The zero-order valence-corrected chi connectivity index (χ0v) is 18.5. The molecule has 0 aromatic heterocycles. The highest BCUT2D eigenvalue weighted by Crippen LogP contribution is 2.48. The third-order valence-electron chi connectivity index (χ3n) is 6.24. The van der Waals surface area contributed by atoms with Gasteiger partial charge in [0.2, 0.25) is 0 Å². The van der Waals surface area contributed by atoms with Crippen LogP contribution < -0.4 is 14.9 Å². The summed E-state index contributed by atoms with van der Waals surface area (Å²) in [7, 11) is -1.61. The molecule has 8 heteroatoms. The van der Waals surface area contributed by atoms with Gasteiger partial charge < -0.3 is 24.6 Å². The van der Waals surface area contributed by atoms with Crippen LogP contribution in [0.1, 0.15) is 33.0 Å². The lowest BCUT2D eigenvalue weighted by molar-refractivity contribution is -0.110. The highest BCUT2D eigenvalue weighted by Gasteiger charge is 2.38. The number of fused-ring (bicyclic) bond motifs is 2. The number of carboxylic acid groups (broad SMARTS) is 1. The van der Waals surface area contributed by atoms with Gasteiger partial charge in [-0.1, -0.05) is 54.6 Å². The van der Waals surface area contributed by atoms with Gasteiger partial charge in [0.15, 0.2) is 5.78 Å². The van der Waals surface area contributed by atoms with Crippen LogP contribution in [0, 0.1) is 5.92 Å². The fourth-order valence-electron chi connectivity index (χ4n) is 4.62. The Morgan fingerprint density at radius 2 is 1.77 bits per heavy atom. The van der Waals surface area contributed by atoms with Crippen molar-refractivity contribution in [3.63, 3.8) is 0 Å². The van der Waals surface area contributed by atoms with Crippen LogP contribution >= 0.6 is 0 Å². The predicted molar refractivity (Wildman–Crippen MR) is 129 cm³/mol. The van der Waals surface area contributed by atoms with Crippen molar-refractivity contribution in [1.82, 2.24) is 0 Å². The lowest BCUT2D eigenvalue weighted by Crippen LogP contribution is -2.33. The maximum Gasteiger partial charge on any atom is 0.488 e. The minimum atomic E-state index is -1.61. The van der Waals surface area contributed by atoms with E-state index < -0.39 is 13.1 Å². The lowest BCUT2D eigenvalue weighted by Gasteiger charge is -2.35. The van der Waals surface area contributed by atoms with Crippen molar-refractivity contribution in [2.75, 3.05) is 0 Å². The maximum absolute atomic E-state index is 12.1. The monoisotopic (exact) mass is 468 g/mol. The number of hydrogen-bond acceptors (Lipinski definition) is 6. The van der Waals surface area contributed by atoms with Crippen LogP contribution in [0.15, 0.2) is 90.7 Å². The van der Waals surface area contributed by atoms with Crippen molar-refractivity contribution in [2.24, 2.45) is 5.92 Å². The number of rotatable bonds is 6. The third-order valence-corrected chi connectivity index (χ3v) is 6.24. The normalized spacial score (nSPS) is 18.1. The number of ketones is 1. The second-order valence-corrected chi connectivity index (χ2v) is 8.37. The number of allylic oxidation sites excluding steroid dienone is 3. The summed E-state index contributed by atoms with van der Waals surface area (Å²) in [5.74, 6) is -0.537. The summed E-state index contributed by atoms with van der Waals surface area (Å²) in [4.78, 5) is 24.0. The highest BCUT2D eigenvalue weighted by molar-refractivity contribution is 6.59. The molecule has 0 saturated carbocycles. The van der Waals surface area contributed by atoms with E-state index in [1.165, 1.54) is 12.2 Å². The average molecular weight is 468 g/mol. The molecule has 0 radical (unpaired) electrons. The van der Waals surface area contributed by atoms with Crippen LogP contribution in [-0.2, 0) is 11.4 Å². The number of carboxylic acids is 1. The number of ether oxygens (including phenoxy) is 2. The second-order valence-electron chi connectivity index (χ2n) is 8.37. The van der Waals surface area contributed by atoms with Gasteiger partial charge in [0.25, 0.3) is 0 Å². The molecule has 0 fully saturated rings. The molecule has 1 heterocycles. The summed E-state index contributed by atoms with van der Waals surface area (Å²) < 4.78 is 12.0. The maximum atomic E-state index is 12.1. The lowest BCUT2D eigenvalue weighted by atomic mass is 9.74. The van der Waals surface area contributed by atoms with E-state index in [9.17, 15) is 24.7 Å². The first kappa shape index (κ1) is 22.6. The smallest absolute Gasteiger partial charge is 0.488 e. The van der Waals surface area contributed by atoms with Crippen molar-refractivity contribution < 1.29 is 34.2 Å². The van der Waals surface area contributed by atoms with E-state index in [-0.39, 0.29) is 29.8 Å². The third kappa shape index (κ3) is 4.37. The van der Waals surface area contributed by atoms with Gasteiger partial charge in [-0.05, 0) is 34.8 Å². The van der Waals surface area contributed by atoms with Crippen molar-refractivity contribution in [3.8, 4) is 11.5 Å². The van der Waals surface area contributed by atoms with Crippen LogP contribution in [-0.4, -0.2) is 34.0 Å². The molecule has 3 aromatic rings. The molecule has 0 saturated heterocycles. The Hall–Kier alpha value is -4.14. The van der Waals surface area contributed by atoms with Gasteiger partial charge in [-0.3, -0.25) is 4.79 Å². The molecular formula is C27H21BO7. The van der Waals surface area contributed by atoms with Crippen molar-refractivity contribution in [3.05, 3.63) is 113 Å². The molecule has 5 rings (SSSR count). The van der Waals surface area contributed by atoms with Gasteiger partial charge in [0.1, 0.15) is 23.9 Å². The van der Waals surface area contributed by atoms with E-state index in [1.54, 1.807) is 66.7 Å². The molecule has 174 valence electrons. The predicted octanol–water partition coefficient (Wildman–Crippen LogP) is 2.81. The summed E-state index contributed by atoms with van der Waals surface area (Å²) in [6, 6.07) is 19.0. The largest absolute Gasteiger partial charge is 0.489 e. The highest BCUT2D eigenvalue weighted by atomic mass is 16.5. The zero-order valence-electron chi connectivity index (χ0n) is 18.5. The van der Waals surface area contributed by atoms with E-state index >= 15 is 0 Å². The molecule has 0 bridgehead atoms. The number of aromatic carboxylic acids is 1. The molecule has 2 unspecified atom stereocenters. The van der Waals surface area contributed by atoms with Gasteiger partial charge in [-0.25, -0.2) is 4.79 Å².